The van der Waals surface area contributed by atoms with Crippen molar-refractivity contribution in [1.82, 2.24) is 16.0 Å². The number of carbonyl (C=O) groups excluding carboxylic acids is 4. The average Bonchev–Trinajstić information content (AvgIpc) is 2.60. The number of carboxylic acid groups (broad SMARTS) is 1. The van der Waals surface area contributed by atoms with E-state index in [2.05, 4.69) is 10.6 Å². The lowest BCUT2D eigenvalue weighted by Crippen LogP contribution is -2.59. The first-order valence-corrected chi connectivity index (χ1v) is 9.70. The molecule has 28 heavy (non-hydrogen) atoms. The smallest absolute Gasteiger partial charge is 0.322 e. The van der Waals surface area contributed by atoms with E-state index in [4.69, 9.17) is 16.6 Å². The molecule has 0 radical (unpaired) electrons. The lowest BCUT2D eigenvalue weighted by Gasteiger charge is -2.24. The summed E-state index contributed by atoms with van der Waals surface area (Å²) in [6.45, 7) is 0.481. The Bertz CT molecular complexity index is 587. The number of nitrogens with two attached hydrogens (primary N) is 2. The summed E-state index contributed by atoms with van der Waals surface area (Å²) in [6.07, 6.45) is 0.230. The number of aliphatic hydroxyl groups excluding tert-OH is 1. The average molecular weight is 421 g/mol. The highest BCUT2D eigenvalue weighted by molar-refractivity contribution is 7.98. The third-order valence-electron chi connectivity index (χ3n) is 3.48. The lowest BCUT2D eigenvalue weighted by molar-refractivity contribution is -0.139. The van der Waals surface area contributed by atoms with E-state index in [-0.39, 0.29) is 0 Å². The molecular weight excluding hydrogens is 394 g/mol. The van der Waals surface area contributed by atoms with Gasteiger partial charge in [-0.25, -0.2) is 0 Å². The van der Waals surface area contributed by atoms with Crippen LogP contribution in [0.15, 0.2) is 0 Å². The Kier molecular flexibility index (Phi) is 11.8. The summed E-state index contributed by atoms with van der Waals surface area (Å²) in [5.74, 6) is -4.19. The number of rotatable bonds is 13. The number of hydrogen-bond donors (Lipinski definition) is 7. The highest BCUT2D eigenvalue weighted by Gasteiger charge is 2.31. The predicted molar refractivity (Wildman–Crippen MR) is 101 cm³/mol. The maximum atomic E-state index is 12.4. The number of nitrogens with one attached hydrogen (secondary N) is 3. The van der Waals surface area contributed by atoms with Crippen molar-refractivity contribution >= 4 is 41.4 Å². The quantitative estimate of drug-likeness (QED) is 0.157. The number of primary amides is 1. The minimum atomic E-state index is -1.51. The molecule has 160 valence electrons. The molecule has 0 aliphatic carbocycles. The molecule has 0 saturated heterocycles. The first-order valence-electron chi connectivity index (χ1n) is 8.30. The monoisotopic (exact) mass is 421 g/mol. The molecule has 13 heteroatoms. The normalized spacial score (nSPS) is 14.9. The first kappa shape index (κ1) is 25.6. The second-order valence-electron chi connectivity index (χ2n) is 5.96. The maximum absolute atomic E-state index is 12.4. The highest BCUT2D eigenvalue weighted by atomic mass is 32.2. The largest absolute Gasteiger partial charge is 0.480 e. The van der Waals surface area contributed by atoms with Crippen molar-refractivity contribution in [2.45, 2.75) is 44.0 Å². The van der Waals surface area contributed by atoms with Crippen LogP contribution in [0, 0.1) is 0 Å². The second-order valence-corrected chi connectivity index (χ2v) is 6.94. The highest BCUT2D eigenvalue weighted by Crippen LogP contribution is 2.02. The molecule has 4 unspecified atom stereocenters. The van der Waals surface area contributed by atoms with E-state index in [1.54, 1.807) is 0 Å². The Labute approximate surface area is 166 Å². The molecular formula is C15H27N5O7S. The van der Waals surface area contributed by atoms with Gasteiger partial charge in [0.05, 0.1) is 18.6 Å². The SMILES string of the molecule is CSCCC(N)C(=O)NC(CC(N)=O)C(=O)NC(C(=O)NCC(=O)O)C(C)O. The Balaban J connectivity index is 5.14. The fourth-order valence-corrected chi connectivity index (χ4v) is 2.49. The van der Waals surface area contributed by atoms with Gasteiger partial charge in [0.15, 0.2) is 0 Å². The van der Waals surface area contributed by atoms with Crippen molar-refractivity contribution in [3.8, 4) is 0 Å². The van der Waals surface area contributed by atoms with Crippen molar-refractivity contribution < 1.29 is 34.2 Å². The van der Waals surface area contributed by atoms with Gasteiger partial charge in [0, 0.05) is 0 Å². The molecule has 0 aromatic rings. The molecule has 0 fully saturated rings. The minimum Gasteiger partial charge on any atom is -0.480 e. The molecule has 0 heterocycles. The lowest BCUT2D eigenvalue weighted by atomic mass is 10.1. The van der Waals surface area contributed by atoms with Crippen LogP contribution in [-0.4, -0.2) is 82.6 Å². The Hall–Kier alpha value is -2.38. The second kappa shape index (κ2) is 12.9. The molecule has 0 bridgehead atoms. The zero-order valence-corrected chi connectivity index (χ0v) is 16.5. The number of carboxylic acids is 1. The fraction of sp³-hybridized carbons (Fsp3) is 0.667. The molecule has 4 atom stereocenters. The molecule has 9 N–H and O–H groups in total. The van der Waals surface area contributed by atoms with Crippen LogP contribution in [0.3, 0.4) is 0 Å². The summed E-state index contributed by atoms with van der Waals surface area (Å²) in [7, 11) is 0. The van der Waals surface area contributed by atoms with Gasteiger partial charge >= 0.3 is 5.97 Å². The Morgan fingerprint density at radius 3 is 2.14 bits per heavy atom. The summed E-state index contributed by atoms with van der Waals surface area (Å²) >= 11 is 1.48. The Morgan fingerprint density at radius 2 is 1.68 bits per heavy atom. The van der Waals surface area contributed by atoms with E-state index in [0.717, 1.165) is 0 Å². The van der Waals surface area contributed by atoms with Gasteiger partial charge in [-0.05, 0) is 25.4 Å². The van der Waals surface area contributed by atoms with Crippen LogP contribution in [0.1, 0.15) is 19.8 Å². The fourth-order valence-electron chi connectivity index (χ4n) is 2.00. The Morgan fingerprint density at radius 1 is 1.07 bits per heavy atom. The summed E-state index contributed by atoms with van der Waals surface area (Å²) in [4.78, 5) is 58.3. The summed E-state index contributed by atoms with van der Waals surface area (Å²) in [5, 5.41) is 24.8. The summed E-state index contributed by atoms with van der Waals surface area (Å²) in [6, 6.07) is -3.84. The molecule has 0 saturated carbocycles. The van der Waals surface area contributed by atoms with Crippen molar-refractivity contribution in [2.24, 2.45) is 11.5 Å². The van der Waals surface area contributed by atoms with E-state index in [9.17, 15) is 29.1 Å². The van der Waals surface area contributed by atoms with E-state index >= 15 is 0 Å². The molecule has 0 spiro atoms. The molecule has 12 nitrogen and oxygen atoms in total. The van der Waals surface area contributed by atoms with Crippen LogP contribution in [0.4, 0.5) is 0 Å². The van der Waals surface area contributed by atoms with Crippen molar-refractivity contribution in [2.75, 3.05) is 18.6 Å². The molecule has 0 aliphatic heterocycles. The number of thioether (sulfide) groups is 1. The zero-order chi connectivity index (χ0) is 21.9. The minimum absolute atomic E-state index is 0.339. The van der Waals surface area contributed by atoms with Gasteiger partial charge in [0.1, 0.15) is 18.6 Å². The van der Waals surface area contributed by atoms with Crippen LogP contribution in [0.2, 0.25) is 0 Å². The van der Waals surface area contributed by atoms with E-state index < -0.39 is 66.8 Å². The maximum Gasteiger partial charge on any atom is 0.322 e. The zero-order valence-electron chi connectivity index (χ0n) is 15.6. The van der Waals surface area contributed by atoms with Crippen LogP contribution in [-0.2, 0) is 24.0 Å². The van der Waals surface area contributed by atoms with Crippen molar-refractivity contribution in [1.29, 1.82) is 0 Å². The standard InChI is InChI=1S/C15H27N5O7S/c1-7(21)12(15(27)18-6-11(23)24)20-14(26)9(5-10(17)22)19-13(25)8(16)3-4-28-2/h7-9,12,21H,3-6,16H2,1-2H3,(H2,17,22)(H,18,27)(H,19,25)(H,20,26)(H,23,24). The molecule has 4 amide bonds. The third kappa shape index (κ3) is 10.1. The molecule has 0 rings (SSSR count). The molecule has 0 aromatic heterocycles. The number of aliphatic carboxylic acids is 1. The van der Waals surface area contributed by atoms with E-state index in [1.807, 2.05) is 11.6 Å². The number of carbonyl (C=O) groups is 5. The van der Waals surface area contributed by atoms with Gasteiger partial charge in [0.2, 0.25) is 23.6 Å². The van der Waals surface area contributed by atoms with Crippen molar-refractivity contribution in [3.63, 3.8) is 0 Å². The van der Waals surface area contributed by atoms with Gasteiger partial charge in [0.25, 0.3) is 0 Å². The van der Waals surface area contributed by atoms with Gasteiger partial charge < -0.3 is 37.6 Å². The number of hydrogen-bond acceptors (Lipinski definition) is 8. The summed E-state index contributed by atoms with van der Waals surface area (Å²) < 4.78 is 0. The first-order chi connectivity index (χ1) is 13.0. The van der Waals surface area contributed by atoms with Crippen LogP contribution in [0.5, 0.6) is 0 Å². The van der Waals surface area contributed by atoms with Crippen LogP contribution >= 0.6 is 11.8 Å². The summed E-state index contributed by atoms with van der Waals surface area (Å²) in [5.41, 5.74) is 10.8. The number of aliphatic hydroxyl groups is 1. The van der Waals surface area contributed by atoms with Crippen LogP contribution in [0.25, 0.3) is 0 Å². The topological polar surface area (TPSA) is 214 Å². The van der Waals surface area contributed by atoms with Gasteiger partial charge in [-0.3, -0.25) is 24.0 Å². The van der Waals surface area contributed by atoms with Gasteiger partial charge in [-0.1, -0.05) is 0 Å². The number of amides is 4. The molecule has 0 aromatic carbocycles. The predicted octanol–water partition coefficient (Wildman–Crippen LogP) is -3.51. The van der Waals surface area contributed by atoms with E-state index in [1.165, 1.54) is 18.7 Å². The third-order valence-corrected chi connectivity index (χ3v) is 4.13. The van der Waals surface area contributed by atoms with Gasteiger partial charge in [-0.15, -0.1) is 0 Å². The van der Waals surface area contributed by atoms with E-state index in [0.29, 0.717) is 12.2 Å². The molecule has 0 aliphatic rings. The van der Waals surface area contributed by atoms with Crippen molar-refractivity contribution in [3.05, 3.63) is 0 Å². The van der Waals surface area contributed by atoms with Gasteiger partial charge in [-0.2, -0.15) is 11.8 Å². The van der Waals surface area contributed by atoms with Crippen LogP contribution < -0.4 is 27.4 Å².